The molecule has 0 aliphatic rings. The van der Waals surface area contributed by atoms with Crippen LogP contribution < -0.4 is 10.1 Å². The van der Waals surface area contributed by atoms with Crippen molar-refractivity contribution >= 4 is 0 Å². The highest BCUT2D eigenvalue weighted by molar-refractivity contribution is 5.65. The minimum Gasteiger partial charge on any atom is -0.494 e. The van der Waals surface area contributed by atoms with E-state index in [-0.39, 0.29) is 5.82 Å². The maximum absolute atomic E-state index is 14.1. The van der Waals surface area contributed by atoms with Crippen molar-refractivity contribution in [2.75, 3.05) is 13.2 Å². The van der Waals surface area contributed by atoms with Gasteiger partial charge >= 0.3 is 0 Å². The predicted octanol–water partition coefficient (Wildman–Crippen LogP) is 4.39. The molecule has 0 heterocycles. The van der Waals surface area contributed by atoms with Gasteiger partial charge in [0.25, 0.3) is 0 Å². The Labute approximate surface area is 126 Å². The van der Waals surface area contributed by atoms with Crippen molar-refractivity contribution in [3.8, 4) is 16.9 Å². The lowest BCUT2D eigenvalue weighted by Gasteiger charge is -2.09. The Morgan fingerprint density at radius 1 is 1.05 bits per heavy atom. The summed E-state index contributed by atoms with van der Waals surface area (Å²) in [6.45, 7) is 6.14. The number of nitrogens with one attached hydrogen (secondary N) is 1. The van der Waals surface area contributed by atoms with Crippen molar-refractivity contribution in [3.05, 3.63) is 53.8 Å². The smallest absolute Gasteiger partial charge is 0.128 e. The fraction of sp³-hybridized carbons (Fsp3) is 0.333. The fourth-order valence-corrected chi connectivity index (χ4v) is 2.20. The molecular weight excluding hydrogens is 265 g/mol. The molecule has 0 radical (unpaired) electrons. The van der Waals surface area contributed by atoms with Gasteiger partial charge in [-0.1, -0.05) is 31.2 Å². The van der Waals surface area contributed by atoms with Crippen molar-refractivity contribution in [3.63, 3.8) is 0 Å². The fourth-order valence-electron chi connectivity index (χ4n) is 2.20. The Kier molecular flexibility index (Phi) is 5.76. The standard InChI is InChI=1S/C18H22FNO/c1-3-10-20-13-16-9-8-15(12-18(16)19)14-6-5-7-17(11-14)21-4-2/h5-9,11-12,20H,3-4,10,13H2,1-2H3. The van der Waals surface area contributed by atoms with Crippen LogP contribution in [-0.4, -0.2) is 13.2 Å². The molecule has 0 spiro atoms. The van der Waals surface area contributed by atoms with Crippen LogP contribution in [0.1, 0.15) is 25.8 Å². The van der Waals surface area contributed by atoms with E-state index >= 15 is 0 Å². The third-order valence-electron chi connectivity index (χ3n) is 3.27. The van der Waals surface area contributed by atoms with E-state index in [1.807, 2.05) is 43.3 Å². The van der Waals surface area contributed by atoms with Crippen LogP contribution in [0.2, 0.25) is 0 Å². The number of hydrogen-bond acceptors (Lipinski definition) is 2. The molecule has 0 atom stereocenters. The van der Waals surface area contributed by atoms with Crippen LogP contribution in [0.25, 0.3) is 11.1 Å². The number of rotatable bonds is 7. The molecule has 3 heteroatoms. The molecule has 1 N–H and O–H groups in total. The summed E-state index contributed by atoms with van der Waals surface area (Å²) in [5, 5.41) is 3.22. The molecule has 0 fully saturated rings. The molecular formula is C18H22FNO. The number of halogens is 1. The van der Waals surface area contributed by atoms with Gasteiger partial charge in [0, 0.05) is 12.1 Å². The van der Waals surface area contributed by atoms with Crippen LogP contribution in [0.3, 0.4) is 0 Å². The Balaban J connectivity index is 2.17. The lowest BCUT2D eigenvalue weighted by molar-refractivity contribution is 0.340. The molecule has 0 aromatic heterocycles. The van der Waals surface area contributed by atoms with Gasteiger partial charge in [0.05, 0.1) is 6.61 Å². The first-order valence-electron chi connectivity index (χ1n) is 7.47. The zero-order valence-electron chi connectivity index (χ0n) is 12.7. The quantitative estimate of drug-likeness (QED) is 0.763. The van der Waals surface area contributed by atoms with Crippen molar-refractivity contribution in [2.24, 2.45) is 0 Å². The summed E-state index contributed by atoms with van der Waals surface area (Å²) in [7, 11) is 0. The highest BCUT2D eigenvalue weighted by Crippen LogP contribution is 2.25. The van der Waals surface area contributed by atoms with Crippen LogP contribution in [0, 0.1) is 5.82 Å². The van der Waals surface area contributed by atoms with Crippen LogP contribution in [0.5, 0.6) is 5.75 Å². The summed E-state index contributed by atoms with van der Waals surface area (Å²) in [5.74, 6) is 0.641. The Hall–Kier alpha value is -1.87. The predicted molar refractivity (Wildman–Crippen MR) is 85.0 cm³/mol. The highest BCUT2D eigenvalue weighted by Gasteiger charge is 2.06. The first-order valence-corrected chi connectivity index (χ1v) is 7.47. The summed E-state index contributed by atoms with van der Waals surface area (Å²) in [5.41, 5.74) is 2.54. The van der Waals surface area contributed by atoms with E-state index in [0.717, 1.165) is 29.8 Å². The summed E-state index contributed by atoms with van der Waals surface area (Å²) < 4.78 is 19.6. The summed E-state index contributed by atoms with van der Waals surface area (Å²) >= 11 is 0. The maximum atomic E-state index is 14.1. The third-order valence-corrected chi connectivity index (χ3v) is 3.27. The van der Waals surface area contributed by atoms with E-state index in [4.69, 9.17) is 4.74 Å². The molecule has 0 aliphatic carbocycles. The van der Waals surface area contributed by atoms with Gasteiger partial charge in [0.1, 0.15) is 11.6 Å². The van der Waals surface area contributed by atoms with E-state index in [9.17, 15) is 4.39 Å². The van der Waals surface area contributed by atoms with E-state index in [1.165, 1.54) is 0 Å². The molecule has 2 nitrogen and oxygen atoms in total. The molecule has 2 rings (SSSR count). The maximum Gasteiger partial charge on any atom is 0.128 e. The lowest BCUT2D eigenvalue weighted by Crippen LogP contribution is -2.14. The lowest BCUT2D eigenvalue weighted by atomic mass is 10.0. The SMILES string of the molecule is CCCNCc1ccc(-c2cccc(OCC)c2)cc1F. The van der Waals surface area contributed by atoms with Gasteiger partial charge in [-0.3, -0.25) is 0 Å². The molecule has 0 saturated carbocycles. The van der Waals surface area contributed by atoms with Gasteiger partial charge in [-0.05, 0) is 49.2 Å². The monoisotopic (exact) mass is 287 g/mol. The van der Waals surface area contributed by atoms with Crippen molar-refractivity contribution in [1.82, 2.24) is 5.32 Å². The number of benzene rings is 2. The van der Waals surface area contributed by atoms with Crippen molar-refractivity contribution in [2.45, 2.75) is 26.8 Å². The molecule has 0 saturated heterocycles. The molecule has 112 valence electrons. The van der Waals surface area contributed by atoms with Gasteiger partial charge in [-0.15, -0.1) is 0 Å². The van der Waals surface area contributed by atoms with E-state index < -0.39 is 0 Å². The van der Waals surface area contributed by atoms with E-state index in [0.29, 0.717) is 18.7 Å². The first-order chi connectivity index (χ1) is 10.2. The first kappa shape index (κ1) is 15.5. The third kappa shape index (κ3) is 4.30. The van der Waals surface area contributed by atoms with Gasteiger partial charge in [0.2, 0.25) is 0 Å². The second-order valence-electron chi connectivity index (χ2n) is 4.94. The molecule has 0 aliphatic heterocycles. The largest absolute Gasteiger partial charge is 0.494 e. The van der Waals surface area contributed by atoms with Crippen LogP contribution >= 0.6 is 0 Å². The summed E-state index contributed by atoms with van der Waals surface area (Å²) in [6, 6.07) is 13.1. The minimum absolute atomic E-state index is 0.169. The number of ether oxygens (including phenoxy) is 1. The average Bonchev–Trinajstić information content (AvgIpc) is 2.50. The van der Waals surface area contributed by atoms with Crippen LogP contribution in [-0.2, 0) is 6.54 Å². The van der Waals surface area contributed by atoms with Crippen LogP contribution in [0.15, 0.2) is 42.5 Å². The zero-order valence-corrected chi connectivity index (χ0v) is 12.7. The summed E-state index contributed by atoms with van der Waals surface area (Å²) in [6.07, 6.45) is 1.05. The molecule has 2 aromatic rings. The van der Waals surface area contributed by atoms with Gasteiger partial charge in [-0.2, -0.15) is 0 Å². The molecule has 0 unspecified atom stereocenters. The second kappa shape index (κ2) is 7.79. The van der Waals surface area contributed by atoms with Gasteiger partial charge < -0.3 is 10.1 Å². The van der Waals surface area contributed by atoms with Crippen molar-refractivity contribution in [1.29, 1.82) is 0 Å². The van der Waals surface area contributed by atoms with E-state index in [2.05, 4.69) is 12.2 Å². The second-order valence-corrected chi connectivity index (χ2v) is 4.94. The van der Waals surface area contributed by atoms with Crippen LogP contribution in [0.4, 0.5) is 4.39 Å². The van der Waals surface area contributed by atoms with E-state index in [1.54, 1.807) is 6.07 Å². The normalized spacial score (nSPS) is 10.6. The zero-order chi connectivity index (χ0) is 15.1. The topological polar surface area (TPSA) is 21.3 Å². The van der Waals surface area contributed by atoms with Crippen molar-refractivity contribution < 1.29 is 9.13 Å². The molecule has 0 amide bonds. The molecule has 2 aromatic carbocycles. The average molecular weight is 287 g/mol. The minimum atomic E-state index is -0.169. The Morgan fingerprint density at radius 2 is 1.86 bits per heavy atom. The van der Waals surface area contributed by atoms with Gasteiger partial charge in [-0.25, -0.2) is 4.39 Å². The summed E-state index contributed by atoms with van der Waals surface area (Å²) in [4.78, 5) is 0. The Bertz CT molecular complexity index is 583. The Morgan fingerprint density at radius 3 is 2.57 bits per heavy atom. The molecule has 0 bridgehead atoms. The van der Waals surface area contributed by atoms with Gasteiger partial charge in [0.15, 0.2) is 0 Å². The number of hydrogen-bond donors (Lipinski definition) is 1. The molecule has 21 heavy (non-hydrogen) atoms. The highest BCUT2D eigenvalue weighted by atomic mass is 19.1.